The Morgan fingerprint density at radius 1 is 1.15 bits per heavy atom. The molecule has 1 N–H and O–H groups in total. The maximum Gasteiger partial charge on any atom is 0.250 e. The minimum Gasteiger partial charge on any atom is -0.493 e. The highest BCUT2D eigenvalue weighted by Crippen LogP contribution is 2.37. The number of halogens is 1. The Morgan fingerprint density at radius 3 is 2.44 bits per heavy atom. The fourth-order valence-electron chi connectivity index (χ4n) is 2.28. The van der Waals surface area contributed by atoms with Crippen molar-refractivity contribution in [3.05, 3.63) is 52.0 Å². The number of nitrogens with zero attached hydrogens (tertiary/aromatic N) is 1. The fourth-order valence-corrected chi connectivity index (χ4v) is 3.49. The molecule has 27 heavy (non-hydrogen) atoms. The molecule has 8 heteroatoms. The van der Waals surface area contributed by atoms with Gasteiger partial charge in [0.25, 0.3) is 0 Å². The maximum atomic E-state index is 11.9. The Kier molecular flexibility index (Phi) is 8.47. The van der Waals surface area contributed by atoms with E-state index in [4.69, 9.17) is 14.2 Å². The largest absolute Gasteiger partial charge is 0.493 e. The zero-order chi connectivity index (χ0) is 19.6. The third kappa shape index (κ3) is 6.48. The summed E-state index contributed by atoms with van der Waals surface area (Å²) in [6.45, 7) is 0. The van der Waals surface area contributed by atoms with E-state index in [9.17, 15) is 4.79 Å². The van der Waals surface area contributed by atoms with Gasteiger partial charge in [0.2, 0.25) is 11.7 Å². The van der Waals surface area contributed by atoms with Gasteiger partial charge in [-0.05, 0) is 29.8 Å². The molecule has 0 aromatic heterocycles. The van der Waals surface area contributed by atoms with E-state index in [0.717, 1.165) is 15.8 Å². The lowest BCUT2D eigenvalue weighted by Gasteiger charge is -2.12. The normalized spacial score (nSPS) is 10.7. The molecular formula is C19H21BrN2O4S. The molecule has 2 aromatic carbocycles. The van der Waals surface area contributed by atoms with Gasteiger partial charge in [0.15, 0.2) is 11.5 Å². The van der Waals surface area contributed by atoms with E-state index in [-0.39, 0.29) is 5.91 Å². The van der Waals surface area contributed by atoms with Crippen molar-refractivity contribution in [3.8, 4) is 17.2 Å². The molecule has 0 fully saturated rings. The summed E-state index contributed by atoms with van der Waals surface area (Å²) < 4.78 is 16.9. The molecule has 0 aliphatic rings. The molecule has 6 nitrogen and oxygen atoms in total. The van der Waals surface area contributed by atoms with E-state index in [0.29, 0.717) is 28.6 Å². The number of hydrazone groups is 1. The molecule has 0 atom stereocenters. The van der Waals surface area contributed by atoms with E-state index >= 15 is 0 Å². The molecule has 1 amide bonds. The number of hydrogen-bond donors (Lipinski definition) is 1. The number of hydrogen-bond acceptors (Lipinski definition) is 6. The summed E-state index contributed by atoms with van der Waals surface area (Å²) in [6.07, 6.45) is 1.53. The molecule has 0 heterocycles. The van der Waals surface area contributed by atoms with Gasteiger partial charge in [-0.3, -0.25) is 4.79 Å². The Balaban J connectivity index is 1.88. The minimum atomic E-state index is -0.168. The van der Waals surface area contributed by atoms with Crippen LogP contribution in [-0.4, -0.2) is 39.2 Å². The molecule has 0 spiro atoms. The van der Waals surface area contributed by atoms with E-state index < -0.39 is 0 Å². The second-order valence-electron chi connectivity index (χ2n) is 5.37. The third-order valence-corrected chi connectivity index (χ3v) is 4.98. The zero-order valence-corrected chi connectivity index (χ0v) is 17.7. The molecule has 2 aromatic rings. The lowest BCUT2D eigenvalue weighted by Crippen LogP contribution is -2.19. The van der Waals surface area contributed by atoms with Crippen LogP contribution in [-0.2, 0) is 10.5 Å². The van der Waals surface area contributed by atoms with Crippen molar-refractivity contribution >= 4 is 39.8 Å². The summed E-state index contributed by atoms with van der Waals surface area (Å²) in [5, 5.41) is 3.99. The van der Waals surface area contributed by atoms with Gasteiger partial charge in [0.05, 0.1) is 33.3 Å². The van der Waals surface area contributed by atoms with Gasteiger partial charge in [0, 0.05) is 15.8 Å². The number of amides is 1. The summed E-state index contributed by atoms with van der Waals surface area (Å²) in [6, 6.07) is 11.5. The molecule has 0 aliphatic carbocycles. The average Bonchev–Trinajstić information content (AvgIpc) is 2.67. The minimum absolute atomic E-state index is 0.168. The first-order valence-corrected chi connectivity index (χ1v) is 9.96. The molecule has 0 bridgehead atoms. The molecule has 0 radical (unpaired) electrons. The first kappa shape index (κ1) is 21.1. The van der Waals surface area contributed by atoms with Crippen LogP contribution in [0.2, 0.25) is 0 Å². The van der Waals surface area contributed by atoms with Crippen molar-refractivity contribution < 1.29 is 19.0 Å². The molecule has 0 saturated heterocycles. The van der Waals surface area contributed by atoms with Gasteiger partial charge < -0.3 is 14.2 Å². The van der Waals surface area contributed by atoms with E-state index in [1.54, 1.807) is 33.5 Å². The highest BCUT2D eigenvalue weighted by atomic mass is 79.9. The van der Waals surface area contributed by atoms with Crippen LogP contribution < -0.4 is 19.6 Å². The smallest absolute Gasteiger partial charge is 0.250 e. The van der Waals surface area contributed by atoms with Crippen molar-refractivity contribution in [3.63, 3.8) is 0 Å². The number of benzene rings is 2. The Bertz CT molecular complexity index is 789. The van der Waals surface area contributed by atoms with Crippen LogP contribution in [0.1, 0.15) is 11.1 Å². The van der Waals surface area contributed by atoms with Gasteiger partial charge in [-0.2, -0.15) is 5.10 Å². The topological polar surface area (TPSA) is 69.2 Å². The fraction of sp³-hybridized carbons (Fsp3) is 0.263. The Morgan fingerprint density at radius 2 is 1.85 bits per heavy atom. The lowest BCUT2D eigenvalue weighted by atomic mass is 10.2. The standard InChI is InChI=1S/C19H21BrN2O4S/c1-24-16-8-14(9-17(25-2)19(16)26-3)10-21-22-18(23)12-27-11-13-5-4-6-15(20)7-13/h4-10H,11-12H2,1-3H3,(H,22,23)/b21-10-. The van der Waals surface area contributed by atoms with Crippen molar-refractivity contribution in [2.24, 2.45) is 5.10 Å². The van der Waals surface area contributed by atoms with Gasteiger partial charge in [-0.1, -0.05) is 28.1 Å². The quantitative estimate of drug-likeness (QED) is 0.462. The Hall–Kier alpha value is -2.19. The van der Waals surface area contributed by atoms with Crippen molar-refractivity contribution in [1.82, 2.24) is 5.43 Å². The lowest BCUT2D eigenvalue weighted by molar-refractivity contribution is -0.118. The summed E-state index contributed by atoms with van der Waals surface area (Å²) in [5.74, 6) is 2.45. The van der Waals surface area contributed by atoms with Crippen LogP contribution in [0.15, 0.2) is 46.0 Å². The number of carbonyl (C=O) groups excluding carboxylic acids is 1. The summed E-state index contributed by atoms with van der Waals surface area (Å²) in [4.78, 5) is 11.9. The molecule has 0 aliphatic heterocycles. The van der Waals surface area contributed by atoms with Crippen molar-refractivity contribution in [2.75, 3.05) is 27.1 Å². The third-order valence-electron chi connectivity index (χ3n) is 3.48. The van der Waals surface area contributed by atoms with Gasteiger partial charge in [0.1, 0.15) is 0 Å². The first-order chi connectivity index (χ1) is 13.1. The van der Waals surface area contributed by atoms with Crippen molar-refractivity contribution in [2.45, 2.75) is 5.75 Å². The van der Waals surface area contributed by atoms with Crippen LogP contribution in [0.5, 0.6) is 17.2 Å². The summed E-state index contributed by atoms with van der Waals surface area (Å²) in [5.41, 5.74) is 4.39. The monoisotopic (exact) mass is 452 g/mol. The van der Waals surface area contributed by atoms with E-state index in [2.05, 4.69) is 26.5 Å². The number of ether oxygens (including phenoxy) is 3. The van der Waals surface area contributed by atoms with Crippen molar-refractivity contribution in [1.29, 1.82) is 0 Å². The van der Waals surface area contributed by atoms with E-state index in [1.165, 1.54) is 18.0 Å². The van der Waals surface area contributed by atoms with Crippen LogP contribution in [0.3, 0.4) is 0 Å². The highest BCUT2D eigenvalue weighted by Gasteiger charge is 2.12. The second kappa shape index (κ2) is 10.8. The average molecular weight is 453 g/mol. The van der Waals surface area contributed by atoms with Crippen LogP contribution >= 0.6 is 27.7 Å². The number of nitrogens with one attached hydrogen (secondary N) is 1. The predicted molar refractivity (Wildman–Crippen MR) is 112 cm³/mol. The maximum absolute atomic E-state index is 11.9. The zero-order valence-electron chi connectivity index (χ0n) is 15.3. The molecule has 144 valence electrons. The van der Waals surface area contributed by atoms with Gasteiger partial charge in [-0.25, -0.2) is 5.43 Å². The molecule has 0 saturated carbocycles. The number of carbonyl (C=O) groups is 1. The van der Waals surface area contributed by atoms with Crippen LogP contribution in [0.4, 0.5) is 0 Å². The number of thioether (sulfide) groups is 1. The molecule has 0 unspecified atom stereocenters. The molecular weight excluding hydrogens is 432 g/mol. The van der Waals surface area contributed by atoms with Gasteiger partial charge in [-0.15, -0.1) is 11.8 Å². The number of methoxy groups -OCH3 is 3. The van der Waals surface area contributed by atoms with Crippen LogP contribution in [0.25, 0.3) is 0 Å². The molecule has 2 rings (SSSR count). The Labute approximate surface area is 171 Å². The van der Waals surface area contributed by atoms with E-state index in [1.807, 2.05) is 24.3 Å². The first-order valence-electron chi connectivity index (χ1n) is 8.01. The summed E-state index contributed by atoms with van der Waals surface area (Å²) in [7, 11) is 4.63. The number of rotatable bonds is 9. The van der Waals surface area contributed by atoms with Crippen LogP contribution in [0, 0.1) is 0 Å². The highest BCUT2D eigenvalue weighted by molar-refractivity contribution is 9.10. The SMILES string of the molecule is COc1cc(/C=N\NC(=O)CSCc2cccc(Br)c2)cc(OC)c1OC. The second-order valence-corrected chi connectivity index (χ2v) is 7.28. The van der Waals surface area contributed by atoms with Gasteiger partial charge >= 0.3 is 0 Å². The predicted octanol–water partition coefficient (Wildman–Crippen LogP) is 3.86. The summed E-state index contributed by atoms with van der Waals surface area (Å²) >= 11 is 4.96.